The SMILES string of the molecule is Fc1ccc(-c2ncncc2-c2ccc(Cl)cc2)c(F)c1. The van der Waals surface area contributed by atoms with E-state index in [1.54, 1.807) is 30.5 Å². The van der Waals surface area contributed by atoms with Crippen molar-refractivity contribution >= 4 is 11.6 Å². The van der Waals surface area contributed by atoms with Crippen LogP contribution in [-0.4, -0.2) is 9.97 Å². The predicted molar refractivity (Wildman–Crippen MR) is 77.8 cm³/mol. The molecule has 0 saturated carbocycles. The van der Waals surface area contributed by atoms with Gasteiger partial charge in [-0.3, -0.25) is 0 Å². The molecule has 1 heterocycles. The van der Waals surface area contributed by atoms with Gasteiger partial charge in [0.1, 0.15) is 18.0 Å². The lowest BCUT2D eigenvalue weighted by Gasteiger charge is -2.09. The van der Waals surface area contributed by atoms with Crippen LogP contribution in [0.3, 0.4) is 0 Å². The molecular formula is C16H9ClF2N2. The van der Waals surface area contributed by atoms with Gasteiger partial charge in [0.05, 0.1) is 5.69 Å². The minimum absolute atomic E-state index is 0.226. The third-order valence-corrected chi connectivity index (χ3v) is 3.31. The van der Waals surface area contributed by atoms with Gasteiger partial charge in [-0.15, -0.1) is 0 Å². The van der Waals surface area contributed by atoms with Crippen LogP contribution in [0.4, 0.5) is 8.78 Å². The Morgan fingerprint density at radius 2 is 1.67 bits per heavy atom. The standard InChI is InChI=1S/C16H9ClF2N2/c17-11-3-1-10(2-4-11)14-8-20-9-21-16(14)13-6-5-12(18)7-15(13)19/h1-9H. The van der Waals surface area contributed by atoms with Crippen molar-refractivity contribution < 1.29 is 8.78 Å². The van der Waals surface area contributed by atoms with E-state index in [-0.39, 0.29) is 5.56 Å². The van der Waals surface area contributed by atoms with Crippen molar-refractivity contribution in [1.29, 1.82) is 0 Å². The Morgan fingerprint density at radius 3 is 2.38 bits per heavy atom. The number of nitrogens with zero attached hydrogens (tertiary/aromatic N) is 2. The van der Waals surface area contributed by atoms with Gasteiger partial charge in [0.15, 0.2) is 0 Å². The van der Waals surface area contributed by atoms with Crippen molar-refractivity contribution in [2.75, 3.05) is 0 Å². The van der Waals surface area contributed by atoms with Gasteiger partial charge in [-0.25, -0.2) is 18.7 Å². The molecule has 0 atom stereocenters. The molecule has 2 nitrogen and oxygen atoms in total. The van der Waals surface area contributed by atoms with E-state index in [0.717, 1.165) is 11.6 Å². The van der Waals surface area contributed by atoms with E-state index in [9.17, 15) is 8.78 Å². The number of rotatable bonds is 2. The first-order valence-corrected chi connectivity index (χ1v) is 6.54. The monoisotopic (exact) mass is 302 g/mol. The molecule has 0 aliphatic heterocycles. The molecule has 0 amide bonds. The molecule has 0 aliphatic rings. The minimum Gasteiger partial charge on any atom is -0.244 e. The van der Waals surface area contributed by atoms with Crippen molar-refractivity contribution in [3.63, 3.8) is 0 Å². The lowest BCUT2D eigenvalue weighted by Crippen LogP contribution is -1.94. The molecule has 1 aromatic heterocycles. The zero-order chi connectivity index (χ0) is 14.8. The van der Waals surface area contributed by atoms with Gasteiger partial charge in [0, 0.05) is 28.4 Å². The fourth-order valence-corrected chi connectivity index (χ4v) is 2.19. The summed E-state index contributed by atoms with van der Waals surface area (Å²) in [4.78, 5) is 8.11. The topological polar surface area (TPSA) is 25.8 Å². The molecule has 0 N–H and O–H groups in total. The number of hydrogen-bond donors (Lipinski definition) is 0. The van der Waals surface area contributed by atoms with Crippen LogP contribution in [0.1, 0.15) is 0 Å². The summed E-state index contributed by atoms with van der Waals surface area (Å²) in [5.41, 5.74) is 2.09. The summed E-state index contributed by atoms with van der Waals surface area (Å²) in [6, 6.07) is 10.5. The van der Waals surface area contributed by atoms with Crippen LogP contribution < -0.4 is 0 Å². The average Bonchev–Trinajstić information content (AvgIpc) is 2.48. The highest BCUT2D eigenvalue weighted by molar-refractivity contribution is 6.30. The van der Waals surface area contributed by atoms with Gasteiger partial charge in [0.25, 0.3) is 0 Å². The summed E-state index contributed by atoms with van der Waals surface area (Å²) in [7, 11) is 0. The summed E-state index contributed by atoms with van der Waals surface area (Å²) in [6.45, 7) is 0. The van der Waals surface area contributed by atoms with Crippen molar-refractivity contribution in [3.8, 4) is 22.4 Å². The van der Waals surface area contributed by atoms with E-state index in [0.29, 0.717) is 16.3 Å². The van der Waals surface area contributed by atoms with Gasteiger partial charge < -0.3 is 0 Å². The maximum atomic E-state index is 14.0. The van der Waals surface area contributed by atoms with Crippen LogP contribution in [0.5, 0.6) is 0 Å². The second-order valence-electron chi connectivity index (χ2n) is 4.42. The summed E-state index contributed by atoms with van der Waals surface area (Å²) < 4.78 is 27.0. The van der Waals surface area contributed by atoms with E-state index >= 15 is 0 Å². The van der Waals surface area contributed by atoms with Crippen LogP contribution in [-0.2, 0) is 0 Å². The van der Waals surface area contributed by atoms with Crippen LogP contribution in [0.15, 0.2) is 55.0 Å². The molecule has 0 saturated heterocycles. The Bertz CT molecular complexity index is 789. The summed E-state index contributed by atoms with van der Waals surface area (Å²) in [6.07, 6.45) is 2.92. The Labute approximate surface area is 125 Å². The summed E-state index contributed by atoms with van der Waals surface area (Å²) in [5.74, 6) is -1.29. The Kier molecular flexibility index (Phi) is 3.62. The molecule has 0 bridgehead atoms. The average molecular weight is 303 g/mol. The van der Waals surface area contributed by atoms with E-state index in [1.807, 2.05) is 0 Å². The molecular weight excluding hydrogens is 294 g/mol. The molecule has 3 rings (SSSR count). The smallest absolute Gasteiger partial charge is 0.135 e. The maximum absolute atomic E-state index is 14.0. The fraction of sp³-hybridized carbons (Fsp3) is 0. The van der Waals surface area contributed by atoms with E-state index in [2.05, 4.69) is 9.97 Å². The molecule has 104 valence electrons. The quantitative estimate of drug-likeness (QED) is 0.683. The lowest BCUT2D eigenvalue weighted by atomic mass is 10.0. The molecule has 0 unspecified atom stereocenters. The van der Waals surface area contributed by atoms with Crippen molar-refractivity contribution in [2.45, 2.75) is 0 Å². The first kappa shape index (κ1) is 13.6. The number of hydrogen-bond acceptors (Lipinski definition) is 2. The minimum atomic E-state index is -0.663. The number of halogens is 3. The van der Waals surface area contributed by atoms with E-state index in [1.165, 1.54) is 18.5 Å². The van der Waals surface area contributed by atoms with Crippen molar-refractivity contribution in [1.82, 2.24) is 9.97 Å². The first-order valence-electron chi connectivity index (χ1n) is 6.16. The molecule has 0 spiro atoms. The first-order chi connectivity index (χ1) is 10.1. The van der Waals surface area contributed by atoms with Gasteiger partial charge >= 0.3 is 0 Å². The van der Waals surface area contributed by atoms with Gasteiger partial charge in [-0.1, -0.05) is 23.7 Å². The summed E-state index contributed by atoms with van der Waals surface area (Å²) in [5, 5.41) is 0.602. The second kappa shape index (κ2) is 5.58. The normalized spacial score (nSPS) is 10.6. The van der Waals surface area contributed by atoms with Gasteiger partial charge in [-0.2, -0.15) is 0 Å². The Morgan fingerprint density at radius 1 is 0.905 bits per heavy atom. The molecule has 3 aromatic rings. The third kappa shape index (κ3) is 2.76. The zero-order valence-electron chi connectivity index (χ0n) is 10.7. The predicted octanol–water partition coefficient (Wildman–Crippen LogP) is 4.74. The van der Waals surface area contributed by atoms with Gasteiger partial charge in [0.2, 0.25) is 0 Å². The summed E-state index contributed by atoms with van der Waals surface area (Å²) >= 11 is 5.87. The molecule has 21 heavy (non-hydrogen) atoms. The van der Waals surface area contributed by atoms with Crippen molar-refractivity contribution in [2.24, 2.45) is 0 Å². The van der Waals surface area contributed by atoms with Crippen LogP contribution in [0.25, 0.3) is 22.4 Å². The van der Waals surface area contributed by atoms with E-state index < -0.39 is 11.6 Å². The Balaban J connectivity index is 2.18. The highest BCUT2D eigenvalue weighted by Crippen LogP contribution is 2.31. The third-order valence-electron chi connectivity index (χ3n) is 3.05. The van der Waals surface area contributed by atoms with Crippen LogP contribution in [0.2, 0.25) is 5.02 Å². The maximum Gasteiger partial charge on any atom is 0.135 e. The molecule has 0 radical (unpaired) electrons. The van der Waals surface area contributed by atoms with Gasteiger partial charge in [-0.05, 0) is 29.8 Å². The Hall–Kier alpha value is -2.33. The van der Waals surface area contributed by atoms with Crippen LogP contribution in [0, 0.1) is 11.6 Å². The highest BCUT2D eigenvalue weighted by Gasteiger charge is 2.13. The van der Waals surface area contributed by atoms with Crippen molar-refractivity contribution in [3.05, 3.63) is 71.6 Å². The highest BCUT2D eigenvalue weighted by atomic mass is 35.5. The second-order valence-corrected chi connectivity index (χ2v) is 4.85. The molecule has 0 fully saturated rings. The van der Waals surface area contributed by atoms with E-state index in [4.69, 9.17) is 11.6 Å². The molecule has 0 aliphatic carbocycles. The van der Waals surface area contributed by atoms with Crippen LogP contribution >= 0.6 is 11.6 Å². The number of aromatic nitrogens is 2. The zero-order valence-corrected chi connectivity index (χ0v) is 11.5. The molecule has 5 heteroatoms. The molecule has 2 aromatic carbocycles. The lowest BCUT2D eigenvalue weighted by molar-refractivity contribution is 0.585. The fourth-order valence-electron chi connectivity index (χ4n) is 2.07. The number of benzene rings is 2. The largest absolute Gasteiger partial charge is 0.244 e.